The highest BCUT2D eigenvalue weighted by molar-refractivity contribution is 6.00. The highest BCUT2D eigenvalue weighted by Gasteiger charge is 2.31. The van der Waals surface area contributed by atoms with Crippen LogP contribution < -0.4 is 0 Å². The Morgan fingerprint density at radius 1 is 1.29 bits per heavy atom. The fraction of sp³-hybridized carbons (Fsp3) is 0.421. The van der Waals surface area contributed by atoms with Crippen molar-refractivity contribution >= 4 is 5.78 Å². The number of likely N-dealkylation sites (tertiary alicyclic amines) is 1. The van der Waals surface area contributed by atoms with Gasteiger partial charge in [-0.25, -0.2) is 0 Å². The van der Waals surface area contributed by atoms with E-state index >= 15 is 0 Å². The molecular weight excluding hydrogens is 258 g/mol. The van der Waals surface area contributed by atoms with Gasteiger partial charge in [0.05, 0.1) is 6.04 Å². The van der Waals surface area contributed by atoms with Crippen molar-refractivity contribution in [3.8, 4) is 0 Å². The SMILES string of the molecule is C=C1/C(=C/CC(C)(C)C)C(=O)CC(c2ccccc2)N1C. The zero-order chi connectivity index (χ0) is 15.6. The lowest BCUT2D eigenvalue weighted by molar-refractivity contribution is -0.117. The molecule has 1 saturated heterocycles. The second-order valence-corrected chi connectivity index (χ2v) is 6.99. The lowest BCUT2D eigenvalue weighted by atomic mass is 9.86. The van der Waals surface area contributed by atoms with Crippen molar-refractivity contribution in [2.45, 2.75) is 39.7 Å². The minimum atomic E-state index is 0.0954. The summed E-state index contributed by atoms with van der Waals surface area (Å²) >= 11 is 0. The lowest BCUT2D eigenvalue weighted by Crippen LogP contribution is -2.33. The van der Waals surface area contributed by atoms with E-state index in [0.29, 0.717) is 6.42 Å². The molecule has 0 saturated carbocycles. The van der Waals surface area contributed by atoms with E-state index in [2.05, 4.69) is 50.5 Å². The Labute approximate surface area is 128 Å². The molecular formula is C19H25NO. The molecule has 1 heterocycles. The standard InChI is InChI=1S/C19H25NO/c1-14-16(11-12-19(2,3)4)18(21)13-17(20(14)5)15-9-7-6-8-10-15/h6-11,17H,1,12-13H2,2-5H3/b16-11-. The Morgan fingerprint density at radius 2 is 1.90 bits per heavy atom. The van der Waals surface area contributed by atoms with Crippen molar-refractivity contribution in [1.29, 1.82) is 0 Å². The second-order valence-electron chi connectivity index (χ2n) is 6.99. The van der Waals surface area contributed by atoms with Gasteiger partial charge in [0, 0.05) is 24.7 Å². The van der Waals surface area contributed by atoms with Crippen molar-refractivity contribution < 1.29 is 4.79 Å². The molecule has 0 N–H and O–H groups in total. The number of Topliss-reactive ketones (excluding diaryl/α,β-unsaturated/α-hetero) is 1. The van der Waals surface area contributed by atoms with E-state index in [1.54, 1.807) is 0 Å². The predicted molar refractivity (Wildman–Crippen MR) is 87.9 cm³/mol. The van der Waals surface area contributed by atoms with Crippen LogP contribution in [0.2, 0.25) is 0 Å². The first-order chi connectivity index (χ1) is 9.79. The molecule has 0 amide bonds. The van der Waals surface area contributed by atoms with Gasteiger partial charge in [-0.3, -0.25) is 4.79 Å². The fourth-order valence-electron chi connectivity index (χ4n) is 2.62. The molecule has 1 aromatic rings. The van der Waals surface area contributed by atoms with Crippen molar-refractivity contribution in [2.24, 2.45) is 5.41 Å². The zero-order valence-corrected chi connectivity index (χ0v) is 13.5. The summed E-state index contributed by atoms with van der Waals surface area (Å²) < 4.78 is 0. The topological polar surface area (TPSA) is 20.3 Å². The smallest absolute Gasteiger partial charge is 0.167 e. The van der Waals surface area contributed by atoms with Crippen LogP contribution in [0.5, 0.6) is 0 Å². The van der Waals surface area contributed by atoms with Gasteiger partial charge in [0.25, 0.3) is 0 Å². The van der Waals surface area contributed by atoms with Crippen LogP contribution >= 0.6 is 0 Å². The molecule has 21 heavy (non-hydrogen) atoms. The number of nitrogens with zero attached hydrogens (tertiary/aromatic N) is 1. The minimum Gasteiger partial charge on any atom is -0.367 e. The first-order valence-corrected chi connectivity index (χ1v) is 7.50. The molecule has 1 aliphatic heterocycles. The summed E-state index contributed by atoms with van der Waals surface area (Å²) in [5.41, 5.74) is 2.98. The Kier molecular flexibility index (Phi) is 4.36. The molecule has 1 fully saturated rings. The number of likely N-dealkylation sites (N-methyl/N-ethyl adjacent to an activating group) is 1. The Hall–Kier alpha value is -1.83. The van der Waals surface area contributed by atoms with E-state index in [1.807, 2.05) is 25.2 Å². The quantitative estimate of drug-likeness (QED) is 0.744. The molecule has 0 aromatic heterocycles. The highest BCUT2D eigenvalue weighted by Crippen LogP contribution is 2.36. The number of carbonyl (C=O) groups is 1. The summed E-state index contributed by atoms with van der Waals surface area (Å²) in [6, 6.07) is 10.3. The number of piperidine rings is 1. The average molecular weight is 283 g/mol. The Morgan fingerprint density at radius 3 is 2.48 bits per heavy atom. The van der Waals surface area contributed by atoms with Crippen LogP contribution in [-0.2, 0) is 4.79 Å². The number of ketones is 1. The minimum absolute atomic E-state index is 0.0954. The van der Waals surface area contributed by atoms with Crippen LogP contribution in [-0.4, -0.2) is 17.7 Å². The van der Waals surface area contributed by atoms with Crippen molar-refractivity contribution in [1.82, 2.24) is 4.90 Å². The van der Waals surface area contributed by atoms with Gasteiger partial charge < -0.3 is 4.90 Å². The van der Waals surface area contributed by atoms with Crippen molar-refractivity contribution in [3.63, 3.8) is 0 Å². The molecule has 1 atom stereocenters. The third-order valence-electron chi connectivity index (χ3n) is 3.99. The van der Waals surface area contributed by atoms with Gasteiger partial charge in [-0.1, -0.05) is 63.8 Å². The van der Waals surface area contributed by atoms with Crippen LogP contribution in [0.15, 0.2) is 54.3 Å². The molecule has 0 radical (unpaired) electrons. The van der Waals surface area contributed by atoms with Crippen LogP contribution in [0.1, 0.15) is 45.2 Å². The highest BCUT2D eigenvalue weighted by atomic mass is 16.1. The number of hydrogen-bond donors (Lipinski definition) is 0. The molecule has 1 aliphatic rings. The molecule has 2 nitrogen and oxygen atoms in total. The van der Waals surface area contributed by atoms with Crippen LogP contribution in [0.3, 0.4) is 0 Å². The largest absolute Gasteiger partial charge is 0.367 e. The maximum absolute atomic E-state index is 12.5. The summed E-state index contributed by atoms with van der Waals surface area (Å²) in [5.74, 6) is 0.205. The van der Waals surface area contributed by atoms with Crippen LogP contribution in [0.25, 0.3) is 0 Å². The lowest BCUT2D eigenvalue weighted by Gasteiger charge is -2.37. The molecule has 0 spiro atoms. The second kappa shape index (κ2) is 5.88. The Balaban J connectivity index is 2.24. The normalized spacial score (nSPS) is 22.0. The van der Waals surface area contributed by atoms with E-state index in [0.717, 1.165) is 17.7 Å². The summed E-state index contributed by atoms with van der Waals surface area (Å²) in [7, 11) is 2.03. The molecule has 2 rings (SSSR count). The van der Waals surface area contributed by atoms with E-state index < -0.39 is 0 Å². The van der Waals surface area contributed by atoms with Gasteiger partial charge in [-0.15, -0.1) is 0 Å². The van der Waals surface area contributed by atoms with Crippen LogP contribution in [0, 0.1) is 5.41 Å². The summed E-state index contributed by atoms with van der Waals surface area (Å²) in [4.78, 5) is 14.6. The Bertz CT molecular complexity index is 563. The third kappa shape index (κ3) is 3.63. The molecule has 2 heteroatoms. The monoisotopic (exact) mass is 283 g/mol. The first kappa shape index (κ1) is 15.6. The third-order valence-corrected chi connectivity index (χ3v) is 3.99. The number of rotatable bonds is 2. The van der Waals surface area contributed by atoms with E-state index in [9.17, 15) is 4.79 Å². The summed E-state index contributed by atoms with van der Waals surface area (Å²) in [6.45, 7) is 10.7. The van der Waals surface area contributed by atoms with Gasteiger partial charge in [0.2, 0.25) is 0 Å². The van der Waals surface area contributed by atoms with Gasteiger partial charge >= 0.3 is 0 Å². The van der Waals surface area contributed by atoms with Gasteiger partial charge in [-0.2, -0.15) is 0 Å². The van der Waals surface area contributed by atoms with E-state index in [4.69, 9.17) is 0 Å². The van der Waals surface area contributed by atoms with E-state index in [1.165, 1.54) is 5.56 Å². The first-order valence-electron chi connectivity index (χ1n) is 7.50. The number of carbonyl (C=O) groups excluding carboxylic acids is 1. The van der Waals surface area contributed by atoms with Gasteiger partial charge in [-0.05, 0) is 17.4 Å². The van der Waals surface area contributed by atoms with Crippen molar-refractivity contribution in [2.75, 3.05) is 7.05 Å². The maximum atomic E-state index is 12.5. The fourth-order valence-corrected chi connectivity index (χ4v) is 2.62. The van der Waals surface area contributed by atoms with Gasteiger partial charge in [0.1, 0.15) is 0 Å². The summed E-state index contributed by atoms with van der Waals surface area (Å²) in [5, 5.41) is 0. The maximum Gasteiger partial charge on any atom is 0.167 e. The zero-order valence-electron chi connectivity index (χ0n) is 13.5. The van der Waals surface area contributed by atoms with E-state index in [-0.39, 0.29) is 17.2 Å². The molecule has 1 unspecified atom stereocenters. The predicted octanol–water partition coefficient (Wildman–Crippen LogP) is 4.51. The molecule has 0 bridgehead atoms. The molecule has 112 valence electrons. The summed E-state index contributed by atoms with van der Waals surface area (Å²) in [6.07, 6.45) is 3.47. The number of benzene rings is 1. The van der Waals surface area contributed by atoms with Gasteiger partial charge in [0.15, 0.2) is 5.78 Å². The average Bonchev–Trinajstić information content (AvgIpc) is 2.42. The number of hydrogen-bond acceptors (Lipinski definition) is 2. The molecule has 0 aliphatic carbocycles. The number of allylic oxidation sites excluding steroid dienone is 2. The molecule has 1 aromatic carbocycles. The van der Waals surface area contributed by atoms with Crippen molar-refractivity contribution in [3.05, 3.63) is 59.8 Å². The van der Waals surface area contributed by atoms with Crippen LogP contribution in [0.4, 0.5) is 0 Å².